The zero-order chi connectivity index (χ0) is 10.7. The zero-order valence-corrected chi connectivity index (χ0v) is 8.86. The van der Waals surface area contributed by atoms with E-state index in [0.717, 1.165) is 17.2 Å². The van der Waals surface area contributed by atoms with Gasteiger partial charge in [0.05, 0.1) is 0 Å². The fourth-order valence-electron chi connectivity index (χ4n) is 1.41. The van der Waals surface area contributed by atoms with Gasteiger partial charge >= 0.3 is 0 Å². The Morgan fingerprint density at radius 1 is 1.33 bits per heavy atom. The summed E-state index contributed by atoms with van der Waals surface area (Å²) in [5.74, 6) is 2.20. The molecule has 1 atom stereocenters. The van der Waals surface area contributed by atoms with Crippen molar-refractivity contribution >= 4 is 0 Å². The Kier molecular flexibility index (Phi) is 2.97. The Balaban J connectivity index is 2.03. The van der Waals surface area contributed by atoms with E-state index in [9.17, 15) is 0 Å². The van der Waals surface area contributed by atoms with E-state index < -0.39 is 0 Å². The number of benzene rings is 1. The van der Waals surface area contributed by atoms with E-state index in [1.165, 1.54) is 0 Å². The Morgan fingerprint density at radius 2 is 2.13 bits per heavy atom. The summed E-state index contributed by atoms with van der Waals surface area (Å²) in [6.45, 7) is 4.69. The monoisotopic (exact) mass is 210 g/mol. The van der Waals surface area contributed by atoms with Gasteiger partial charge < -0.3 is 18.9 Å². The summed E-state index contributed by atoms with van der Waals surface area (Å²) in [5, 5.41) is 0. The molecule has 0 radical (unpaired) electrons. The van der Waals surface area contributed by atoms with Crippen LogP contribution in [0, 0.1) is 0 Å². The third-order valence-electron chi connectivity index (χ3n) is 2.05. The maximum absolute atomic E-state index is 5.52. The molecule has 4 heteroatoms. The van der Waals surface area contributed by atoms with Gasteiger partial charge in [-0.3, -0.25) is 0 Å². The van der Waals surface area contributed by atoms with Crippen molar-refractivity contribution in [3.63, 3.8) is 0 Å². The first kappa shape index (κ1) is 10.1. The first-order valence-corrected chi connectivity index (χ1v) is 4.97. The first-order chi connectivity index (χ1) is 7.29. The molecule has 0 spiro atoms. The van der Waals surface area contributed by atoms with Crippen LogP contribution in [-0.4, -0.2) is 19.7 Å². The molecular weight excluding hydrogens is 196 g/mol. The van der Waals surface area contributed by atoms with Crippen LogP contribution in [0.5, 0.6) is 17.2 Å². The maximum atomic E-state index is 5.52. The van der Waals surface area contributed by atoms with Crippen molar-refractivity contribution in [2.75, 3.05) is 13.4 Å². The summed E-state index contributed by atoms with van der Waals surface area (Å²) in [5.41, 5.74) is 0. The van der Waals surface area contributed by atoms with E-state index in [2.05, 4.69) is 0 Å². The molecule has 0 saturated heterocycles. The summed E-state index contributed by atoms with van der Waals surface area (Å²) < 4.78 is 21.2. The van der Waals surface area contributed by atoms with Crippen LogP contribution in [0.15, 0.2) is 18.2 Å². The van der Waals surface area contributed by atoms with Gasteiger partial charge in [-0.05, 0) is 26.0 Å². The zero-order valence-electron chi connectivity index (χ0n) is 8.86. The smallest absolute Gasteiger partial charge is 0.231 e. The lowest BCUT2D eigenvalue weighted by Gasteiger charge is -2.14. The summed E-state index contributed by atoms with van der Waals surface area (Å²) in [6, 6.07) is 5.47. The van der Waals surface area contributed by atoms with Crippen LogP contribution >= 0.6 is 0 Å². The fraction of sp³-hybridized carbons (Fsp3) is 0.455. The van der Waals surface area contributed by atoms with E-state index in [0.29, 0.717) is 6.61 Å². The lowest BCUT2D eigenvalue weighted by atomic mass is 10.3. The molecule has 0 amide bonds. The largest absolute Gasteiger partial charge is 0.465 e. The van der Waals surface area contributed by atoms with E-state index in [4.69, 9.17) is 18.9 Å². The normalized spacial score (nSPS) is 15.1. The summed E-state index contributed by atoms with van der Waals surface area (Å²) in [7, 11) is 0. The molecule has 82 valence electrons. The number of ether oxygens (including phenoxy) is 4. The highest BCUT2D eigenvalue weighted by Gasteiger charge is 2.14. The van der Waals surface area contributed by atoms with Gasteiger partial charge in [0.15, 0.2) is 17.8 Å². The van der Waals surface area contributed by atoms with E-state index in [1.807, 2.05) is 26.0 Å². The molecule has 0 aromatic heterocycles. The topological polar surface area (TPSA) is 36.9 Å². The minimum atomic E-state index is -0.254. The fourth-order valence-corrected chi connectivity index (χ4v) is 1.41. The number of hydrogen-bond acceptors (Lipinski definition) is 4. The molecule has 1 aliphatic rings. The third-order valence-corrected chi connectivity index (χ3v) is 2.05. The van der Waals surface area contributed by atoms with E-state index >= 15 is 0 Å². The molecule has 15 heavy (non-hydrogen) atoms. The molecule has 0 saturated carbocycles. The van der Waals surface area contributed by atoms with Crippen LogP contribution in [0.3, 0.4) is 0 Å². The molecule has 1 aliphatic heterocycles. The molecule has 0 N–H and O–H groups in total. The summed E-state index contributed by atoms with van der Waals surface area (Å²) in [4.78, 5) is 0. The van der Waals surface area contributed by atoms with Crippen LogP contribution in [0.1, 0.15) is 13.8 Å². The number of hydrogen-bond donors (Lipinski definition) is 0. The van der Waals surface area contributed by atoms with Crippen molar-refractivity contribution in [3.05, 3.63) is 18.2 Å². The second-order valence-electron chi connectivity index (χ2n) is 3.16. The van der Waals surface area contributed by atoms with Gasteiger partial charge in [-0.1, -0.05) is 0 Å². The molecule has 0 fully saturated rings. The molecule has 4 nitrogen and oxygen atoms in total. The third kappa shape index (κ3) is 2.33. The number of rotatable bonds is 4. The summed E-state index contributed by atoms with van der Waals surface area (Å²) in [6.07, 6.45) is -0.254. The lowest BCUT2D eigenvalue weighted by Crippen LogP contribution is -2.15. The summed E-state index contributed by atoms with van der Waals surface area (Å²) >= 11 is 0. The molecule has 0 bridgehead atoms. The molecule has 1 aromatic carbocycles. The quantitative estimate of drug-likeness (QED) is 0.714. The molecule has 1 aromatic rings. The Hall–Kier alpha value is -1.42. The van der Waals surface area contributed by atoms with Gasteiger partial charge in [-0.15, -0.1) is 0 Å². The van der Waals surface area contributed by atoms with Crippen LogP contribution in [0.4, 0.5) is 0 Å². The van der Waals surface area contributed by atoms with Gasteiger partial charge in [-0.2, -0.15) is 0 Å². The van der Waals surface area contributed by atoms with Gasteiger partial charge in [0, 0.05) is 12.7 Å². The van der Waals surface area contributed by atoms with Gasteiger partial charge in [0.1, 0.15) is 5.75 Å². The average molecular weight is 210 g/mol. The van der Waals surface area contributed by atoms with Crippen molar-refractivity contribution in [1.82, 2.24) is 0 Å². The van der Waals surface area contributed by atoms with Crippen LogP contribution in [0.25, 0.3) is 0 Å². The second-order valence-corrected chi connectivity index (χ2v) is 3.16. The van der Waals surface area contributed by atoms with Crippen molar-refractivity contribution in [1.29, 1.82) is 0 Å². The van der Waals surface area contributed by atoms with Gasteiger partial charge in [0.25, 0.3) is 0 Å². The molecule has 1 unspecified atom stereocenters. The van der Waals surface area contributed by atoms with Crippen LogP contribution in [0.2, 0.25) is 0 Å². The molecule has 1 heterocycles. The van der Waals surface area contributed by atoms with Crippen molar-refractivity contribution in [2.24, 2.45) is 0 Å². The predicted molar refractivity (Wildman–Crippen MR) is 54.3 cm³/mol. The molecule has 0 aliphatic carbocycles. The molecular formula is C11H14O4. The Morgan fingerprint density at radius 3 is 2.93 bits per heavy atom. The highest BCUT2D eigenvalue weighted by molar-refractivity contribution is 5.46. The Labute approximate surface area is 88.7 Å². The van der Waals surface area contributed by atoms with Crippen LogP contribution < -0.4 is 14.2 Å². The standard InChI is InChI=1S/C11H14O4/c1-3-12-8(2)15-9-4-5-10-11(6-9)14-7-13-10/h4-6,8H,3,7H2,1-2H3. The van der Waals surface area contributed by atoms with Gasteiger partial charge in [-0.25, -0.2) is 0 Å². The van der Waals surface area contributed by atoms with Crippen LogP contribution in [-0.2, 0) is 4.74 Å². The average Bonchev–Trinajstić information content (AvgIpc) is 2.65. The molecule has 2 rings (SSSR count). The second kappa shape index (κ2) is 4.40. The van der Waals surface area contributed by atoms with Crippen molar-refractivity contribution in [3.8, 4) is 17.2 Å². The highest BCUT2D eigenvalue weighted by Crippen LogP contribution is 2.35. The minimum absolute atomic E-state index is 0.254. The first-order valence-electron chi connectivity index (χ1n) is 4.97. The van der Waals surface area contributed by atoms with Gasteiger partial charge in [0.2, 0.25) is 6.79 Å². The lowest BCUT2D eigenvalue weighted by molar-refractivity contribution is -0.0613. The Bertz CT molecular complexity index is 337. The minimum Gasteiger partial charge on any atom is -0.465 e. The number of fused-ring (bicyclic) bond motifs is 1. The maximum Gasteiger partial charge on any atom is 0.231 e. The van der Waals surface area contributed by atoms with E-state index in [-0.39, 0.29) is 13.1 Å². The SMILES string of the molecule is CCOC(C)Oc1ccc2c(c1)OCO2. The van der Waals surface area contributed by atoms with E-state index in [1.54, 1.807) is 6.07 Å². The van der Waals surface area contributed by atoms with Crippen molar-refractivity contribution in [2.45, 2.75) is 20.1 Å². The predicted octanol–water partition coefficient (Wildman–Crippen LogP) is 2.18. The highest BCUT2D eigenvalue weighted by atomic mass is 16.7. The van der Waals surface area contributed by atoms with Crippen molar-refractivity contribution < 1.29 is 18.9 Å².